The van der Waals surface area contributed by atoms with Gasteiger partial charge in [0, 0.05) is 9.75 Å². The summed E-state index contributed by atoms with van der Waals surface area (Å²) in [4.78, 5) is 35.6. The first-order valence-corrected chi connectivity index (χ1v) is 12.0. The number of thiophene rings is 2. The molecule has 0 radical (unpaired) electrons. The van der Waals surface area contributed by atoms with E-state index in [-0.39, 0.29) is 16.7 Å². The summed E-state index contributed by atoms with van der Waals surface area (Å²) in [5.41, 5.74) is 1.00. The number of aromatic amines is 1. The van der Waals surface area contributed by atoms with E-state index in [2.05, 4.69) is 36.1 Å². The molecule has 0 aromatic carbocycles. The molecule has 0 aliphatic heterocycles. The second-order valence-corrected chi connectivity index (χ2v) is 10.5. The summed E-state index contributed by atoms with van der Waals surface area (Å²) in [5.74, 6) is 0.456. The van der Waals surface area contributed by atoms with Gasteiger partial charge in [-0.15, -0.1) is 22.7 Å². The van der Waals surface area contributed by atoms with Crippen molar-refractivity contribution in [2.24, 2.45) is 5.92 Å². The van der Waals surface area contributed by atoms with Gasteiger partial charge in [-0.25, -0.2) is 4.98 Å². The Morgan fingerprint density at radius 2 is 2.18 bits per heavy atom. The van der Waals surface area contributed by atoms with Crippen LogP contribution in [0.4, 0.5) is 0 Å². The minimum atomic E-state index is -0.346. The number of fused-ring (bicyclic) bond motifs is 1. The number of aromatic nitrogens is 2. The third-order valence-corrected chi connectivity index (χ3v) is 7.67. The molecule has 0 spiro atoms. The smallest absolute Gasteiger partial charge is 0.260 e. The molecule has 3 heterocycles. The highest BCUT2D eigenvalue weighted by Crippen LogP contribution is 2.31. The van der Waals surface area contributed by atoms with Crippen molar-refractivity contribution in [3.05, 3.63) is 43.2 Å². The van der Waals surface area contributed by atoms with Crippen LogP contribution in [0.25, 0.3) is 10.2 Å². The van der Waals surface area contributed by atoms with E-state index in [1.807, 2.05) is 24.4 Å². The van der Waals surface area contributed by atoms with Crippen molar-refractivity contribution in [2.45, 2.75) is 57.5 Å². The maximum absolute atomic E-state index is 12.7. The standard InChI is InChI=1S/C20H25N3O2S3/c1-5-11(2)9-15-12(3)27-19-16(15)18(25)22-20(23-19)28-13(4)17(24)21-10-14-7-6-8-26-14/h6-8,11,13H,5,9-10H2,1-4H3,(H,21,24)(H,22,23,25). The number of aryl methyl sites for hydroxylation is 1. The highest BCUT2D eigenvalue weighted by molar-refractivity contribution is 8.00. The van der Waals surface area contributed by atoms with Gasteiger partial charge in [0.05, 0.1) is 17.2 Å². The molecule has 8 heteroatoms. The van der Waals surface area contributed by atoms with E-state index in [4.69, 9.17) is 0 Å². The quantitative estimate of drug-likeness (QED) is 0.396. The summed E-state index contributed by atoms with van der Waals surface area (Å²) >= 11 is 4.46. The zero-order valence-corrected chi connectivity index (χ0v) is 18.9. The van der Waals surface area contributed by atoms with Crippen LogP contribution < -0.4 is 10.9 Å². The van der Waals surface area contributed by atoms with Gasteiger partial charge < -0.3 is 10.3 Å². The molecular formula is C20H25N3O2S3. The summed E-state index contributed by atoms with van der Waals surface area (Å²) in [6, 6.07) is 3.96. The van der Waals surface area contributed by atoms with E-state index in [0.717, 1.165) is 33.0 Å². The second kappa shape index (κ2) is 9.24. The molecule has 3 aromatic heterocycles. The van der Waals surface area contributed by atoms with Gasteiger partial charge >= 0.3 is 0 Å². The van der Waals surface area contributed by atoms with Gasteiger partial charge in [0.2, 0.25) is 5.91 Å². The molecule has 2 atom stereocenters. The molecule has 3 rings (SSSR count). The van der Waals surface area contributed by atoms with Crippen LogP contribution in [0.3, 0.4) is 0 Å². The molecule has 3 aromatic rings. The SMILES string of the molecule is CCC(C)Cc1c(C)sc2nc(SC(C)C(=O)NCc3cccs3)[nH]c(=O)c12. The second-order valence-electron chi connectivity index (χ2n) is 6.96. The zero-order valence-electron chi connectivity index (χ0n) is 16.5. The van der Waals surface area contributed by atoms with Crippen LogP contribution in [0, 0.1) is 12.8 Å². The van der Waals surface area contributed by atoms with E-state index in [1.54, 1.807) is 22.7 Å². The number of carbonyl (C=O) groups excluding carboxylic acids is 1. The first-order valence-electron chi connectivity index (χ1n) is 9.38. The largest absolute Gasteiger partial charge is 0.350 e. The molecule has 0 fully saturated rings. The first-order chi connectivity index (χ1) is 13.4. The monoisotopic (exact) mass is 435 g/mol. The lowest BCUT2D eigenvalue weighted by Gasteiger charge is -2.11. The third kappa shape index (κ3) is 4.85. The normalized spacial score (nSPS) is 13.6. The molecule has 5 nitrogen and oxygen atoms in total. The molecule has 150 valence electrons. The first kappa shape index (κ1) is 21.1. The molecule has 0 bridgehead atoms. The lowest BCUT2D eigenvalue weighted by atomic mass is 9.98. The van der Waals surface area contributed by atoms with Crippen molar-refractivity contribution in [2.75, 3.05) is 0 Å². The fraction of sp³-hybridized carbons (Fsp3) is 0.450. The van der Waals surface area contributed by atoms with Gasteiger partial charge in [-0.05, 0) is 43.2 Å². The number of carbonyl (C=O) groups is 1. The Labute approximate surface area is 177 Å². The van der Waals surface area contributed by atoms with Crippen LogP contribution in [-0.2, 0) is 17.8 Å². The summed E-state index contributed by atoms with van der Waals surface area (Å²) in [6.45, 7) is 8.76. The van der Waals surface area contributed by atoms with Crippen LogP contribution in [0.2, 0.25) is 0 Å². The summed E-state index contributed by atoms with van der Waals surface area (Å²) in [5, 5.41) is 5.78. The Kier molecular flexibility index (Phi) is 6.95. The van der Waals surface area contributed by atoms with Crippen molar-refractivity contribution < 1.29 is 4.79 Å². The molecule has 28 heavy (non-hydrogen) atoms. The zero-order chi connectivity index (χ0) is 20.3. The van der Waals surface area contributed by atoms with Crippen molar-refractivity contribution in [3.63, 3.8) is 0 Å². The topological polar surface area (TPSA) is 74.8 Å². The summed E-state index contributed by atoms with van der Waals surface area (Å²) in [7, 11) is 0. The fourth-order valence-electron chi connectivity index (χ4n) is 2.90. The van der Waals surface area contributed by atoms with E-state index in [1.165, 1.54) is 11.8 Å². The van der Waals surface area contributed by atoms with Crippen LogP contribution in [0.15, 0.2) is 27.5 Å². The molecule has 0 aliphatic carbocycles. The average Bonchev–Trinajstić information content (AvgIpc) is 3.27. The molecule has 0 aliphatic rings. The third-order valence-electron chi connectivity index (χ3n) is 4.77. The number of H-pyrrole nitrogens is 1. The van der Waals surface area contributed by atoms with Crippen molar-refractivity contribution in [1.29, 1.82) is 0 Å². The van der Waals surface area contributed by atoms with Gasteiger partial charge in [0.1, 0.15) is 4.83 Å². The highest BCUT2D eigenvalue weighted by atomic mass is 32.2. The van der Waals surface area contributed by atoms with Gasteiger partial charge in [0.25, 0.3) is 5.56 Å². The van der Waals surface area contributed by atoms with Crippen LogP contribution in [-0.4, -0.2) is 21.1 Å². The Bertz CT molecular complexity index is 1010. The van der Waals surface area contributed by atoms with E-state index < -0.39 is 0 Å². The Hall–Kier alpha value is -1.64. The Morgan fingerprint density at radius 1 is 1.39 bits per heavy atom. The minimum Gasteiger partial charge on any atom is -0.350 e. The minimum absolute atomic E-state index is 0.0686. The predicted molar refractivity (Wildman–Crippen MR) is 120 cm³/mol. The van der Waals surface area contributed by atoms with Crippen LogP contribution in [0.1, 0.15) is 42.5 Å². The number of rotatable bonds is 8. The summed E-state index contributed by atoms with van der Waals surface area (Å²) in [6.07, 6.45) is 1.97. The molecule has 1 amide bonds. The number of nitrogens with one attached hydrogen (secondary N) is 2. The number of hydrogen-bond acceptors (Lipinski definition) is 6. The Balaban J connectivity index is 1.74. The summed E-state index contributed by atoms with van der Waals surface area (Å²) < 4.78 is 0. The van der Waals surface area contributed by atoms with Crippen molar-refractivity contribution in [3.8, 4) is 0 Å². The van der Waals surface area contributed by atoms with Crippen molar-refractivity contribution >= 4 is 50.6 Å². The van der Waals surface area contributed by atoms with Crippen LogP contribution in [0.5, 0.6) is 0 Å². The number of amides is 1. The van der Waals surface area contributed by atoms with Crippen LogP contribution >= 0.6 is 34.4 Å². The van der Waals surface area contributed by atoms with Gasteiger partial charge in [0.15, 0.2) is 5.16 Å². The Morgan fingerprint density at radius 3 is 2.86 bits per heavy atom. The highest BCUT2D eigenvalue weighted by Gasteiger charge is 2.20. The molecule has 2 N–H and O–H groups in total. The lowest BCUT2D eigenvalue weighted by molar-refractivity contribution is -0.120. The number of thioether (sulfide) groups is 1. The fourth-order valence-corrected chi connectivity index (χ4v) is 5.48. The maximum atomic E-state index is 12.7. The maximum Gasteiger partial charge on any atom is 0.260 e. The van der Waals surface area contributed by atoms with Crippen molar-refractivity contribution in [1.82, 2.24) is 15.3 Å². The number of nitrogens with zero attached hydrogens (tertiary/aromatic N) is 1. The molecule has 0 saturated carbocycles. The molecule has 0 saturated heterocycles. The van der Waals surface area contributed by atoms with Gasteiger partial charge in [-0.1, -0.05) is 38.1 Å². The molecule has 2 unspecified atom stereocenters. The van der Waals surface area contributed by atoms with Gasteiger partial charge in [-0.3, -0.25) is 9.59 Å². The van der Waals surface area contributed by atoms with E-state index >= 15 is 0 Å². The average molecular weight is 436 g/mol. The predicted octanol–water partition coefficient (Wildman–Crippen LogP) is 4.74. The van der Waals surface area contributed by atoms with Gasteiger partial charge in [-0.2, -0.15) is 0 Å². The van der Waals surface area contributed by atoms with E-state index in [0.29, 0.717) is 23.0 Å². The van der Waals surface area contributed by atoms with E-state index in [9.17, 15) is 9.59 Å². The lowest BCUT2D eigenvalue weighted by Crippen LogP contribution is -2.30. The number of hydrogen-bond donors (Lipinski definition) is 2. The molecular weight excluding hydrogens is 410 g/mol.